The zero-order valence-corrected chi connectivity index (χ0v) is 14.4. The third-order valence-electron chi connectivity index (χ3n) is 3.45. The lowest BCUT2D eigenvalue weighted by atomic mass is 10.1. The lowest BCUT2D eigenvalue weighted by Crippen LogP contribution is -2.29. The van der Waals surface area contributed by atoms with E-state index >= 15 is 0 Å². The van der Waals surface area contributed by atoms with Crippen LogP contribution in [0.5, 0.6) is 5.75 Å². The van der Waals surface area contributed by atoms with Gasteiger partial charge in [-0.3, -0.25) is 0 Å². The van der Waals surface area contributed by atoms with E-state index in [1.54, 1.807) is 12.1 Å². The van der Waals surface area contributed by atoms with E-state index in [4.69, 9.17) is 9.47 Å². The summed E-state index contributed by atoms with van der Waals surface area (Å²) >= 11 is 3.28. The van der Waals surface area contributed by atoms with Crippen molar-refractivity contribution < 1.29 is 17.9 Å². The Morgan fingerprint density at radius 2 is 2.24 bits per heavy atom. The highest BCUT2D eigenvalue weighted by molar-refractivity contribution is 9.10. The summed E-state index contributed by atoms with van der Waals surface area (Å²) < 4.78 is 38.7. The topological polar surface area (TPSA) is 64.6 Å². The summed E-state index contributed by atoms with van der Waals surface area (Å²) in [7, 11) is -2.13. The molecule has 0 bridgehead atoms. The number of nitrogens with one attached hydrogen (secondary N) is 1. The summed E-state index contributed by atoms with van der Waals surface area (Å²) in [6.07, 6.45) is 4.09. The van der Waals surface area contributed by atoms with Crippen molar-refractivity contribution in [1.29, 1.82) is 0 Å². The van der Waals surface area contributed by atoms with Gasteiger partial charge in [0.05, 0.1) is 13.2 Å². The average Bonchev–Trinajstić information content (AvgIpc) is 2.48. The first-order valence-electron chi connectivity index (χ1n) is 6.98. The zero-order valence-electron chi connectivity index (χ0n) is 12.0. The number of benzene rings is 1. The molecule has 21 heavy (non-hydrogen) atoms. The fourth-order valence-electron chi connectivity index (χ4n) is 2.33. The Labute approximate surface area is 134 Å². The third-order valence-corrected chi connectivity index (χ3v) is 5.42. The molecule has 1 aromatic rings. The Balaban J connectivity index is 1.99. The van der Waals surface area contributed by atoms with Crippen molar-refractivity contribution >= 4 is 26.0 Å². The number of hydrogen-bond donors (Lipinski definition) is 1. The standard InChI is InChI=1S/C14H20BrNO4S/c1-19-13-6-5-11(15)10-14(13)21(17,18)16-8-7-12-4-2-3-9-20-12/h5-6,10,12,16H,2-4,7-9H2,1H3. The van der Waals surface area contributed by atoms with Crippen molar-refractivity contribution in [3.05, 3.63) is 22.7 Å². The van der Waals surface area contributed by atoms with Crippen LogP contribution in [0.15, 0.2) is 27.6 Å². The molecule has 1 fully saturated rings. The second kappa shape index (κ2) is 7.58. The van der Waals surface area contributed by atoms with E-state index in [9.17, 15) is 8.42 Å². The van der Waals surface area contributed by atoms with Crippen molar-refractivity contribution in [3.8, 4) is 5.75 Å². The summed E-state index contributed by atoms with van der Waals surface area (Å²) in [5.41, 5.74) is 0. The van der Waals surface area contributed by atoms with Crippen molar-refractivity contribution in [2.24, 2.45) is 0 Å². The first kappa shape index (κ1) is 16.7. The quantitative estimate of drug-likeness (QED) is 0.827. The van der Waals surface area contributed by atoms with E-state index in [0.29, 0.717) is 23.2 Å². The highest BCUT2D eigenvalue weighted by Crippen LogP contribution is 2.27. The lowest BCUT2D eigenvalue weighted by molar-refractivity contribution is 0.0123. The summed E-state index contributed by atoms with van der Waals surface area (Å²) in [6, 6.07) is 4.91. The summed E-state index contributed by atoms with van der Waals surface area (Å²) in [5.74, 6) is 0.333. The second-order valence-corrected chi connectivity index (χ2v) is 7.62. The highest BCUT2D eigenvalue weighted by Gasteiger charge is 2.21. The van der Waals surface area contributed by atoms with Crippen LogP contribution in [0.1, 0.15) is 25.7 Å². The van der Waals surface area contributed by atoms with Gasteiger partial charge in [0.2, 0.25) is 10.0 Å². The van der Waals surface area contributed by atoms with Crippen LogP contribution in [-0.2, 0) is 14.8 Å². The van der Waals surface area contributed by atoms with Gasteiger partial charge in [0.25, 0.3) is 0 Å². The fraction of sp³-hybridized carbons (Fsp3) is 0.571. The lowest BCUT2D eigenvalue weighted by Gasteiger charge is -2.22. The molecule has 0 spiro atoms. The van der Waals surface area contributed by atoms with Crippen LogP contribution in [0.3, 0.4) is 0 Å². The minimum absolute atomic E-state index is 0.143. The maximum atomic E-state index is 12.4. The molecule has 0 radical (unpaired) electrons. The van der Waals surface area contributed by atoms with Crippen LogP contribution in [0.25, 0.3) is 0 Å². The van der Waals surface area contributed by atoms with Crippen LogP contribution < -0.4 is 9.46 Å². The third kappa shape index (κ3) is 4.67. The van der Waals surface area contributed by atoms with Gasteiger partial charge in [0, 0.05) is 17.6 Å². The number of methoxy groups -OCH3 is 1. The van der Waals surface area contributed by atoms with E-state index < -0.39 is 10.0 Å². The summed E-state index contributed by atoms with van der Waals surface area (Å²) in [5, 5.41) is 0. The van der Waals surface area contributed by atoms with Crippen LogP contribution in [-0.4, -0.2) is 34.8 Å². The first-order chi connectivity index (χ1) is 10.0. The predicted molar refractivity (Wildman–Crippen MR) is 84.1 cm³/mol. The molecule has 5 nitrogen and oxygen atoms in total. The molecule has 118 valence electrons. The van der Waals surface area contributed by atoms with Crippen molar-refractivity contribution in [3.63, 3.8) is 0 Å². The molecular formula is C14H20BrNO4S. The molecule has 1 atom stereocenters. The molecule has 1 aliphatic rings. The Kier molecular flexibility index (Phi) is 6.04. The largest absolute Gasteiger partial charge is 0.495 e. The van der Waals surface area contributed by atoms with Gasteiger partial charge in [-0.25, -0.2) is 13.1 Å². The van der Waals surface area contributed by atoms with Crippen LogP contribution >= 0.6 is 15.9 Å². The molecule has 1 saturated heterocycles. The second-order valence-electron chi connectivity index (χ2n) is 4.97. The molecule has 1 unspecified atom stereocenters. The van der Waals surface area contributed by atoms with E-state index in [0.717, 1.165) is 25.9 Å². The predicted octanol–water partition coefficient (Wildman–Crippen LogP) is 2.70. The average molecular weight is 378 g/mol. The highest BCUT2D eigenvalue weighted by atomic mass is 79.9. The van der Waals surface area contributed by atoms with Crippen LogP contribution in [0, 0.1) is 0 Å². The minimum atomic E-state index is -3.59. The van der Waals surface area contributed by atoms with Gasteiger partial charge >= 0.3 is 0 Å². The Bertz CT molecular complexity index is 570. The number of sulfonamides is 1. The smallest absolute Gasteiger partial charge is 0.244 e. The monoisotopic (exact) mass is 377 g/mol. The van der Waals surface area contributed by atoms with Gasteiger partial charge in [-0.05, 0) is 43.9 Å². The molecule has 0 amide bonds. The van der Waals surface area contributed by atoms with Gasteiger partial charge in [-0.2, -0.15) is 0 Å². The van der Waals surface area contributed by atoms with Crippen LogP contribution in [0.2, 0.25) is 0 Å². The summed E-state index contributed by atoms with van der Waals surface area (Å²) in [6.45, 7) is 1.14. The molecule has 1 heterocycles. The molecule has 2 rings (SSSR count). The maximum absolute atomic E-state index is 12.4. The molecule has 0 saturated carbocycles. The Hall–Kier alpha value is -0.630. The van der Waals surface area contributed by atoms with Gasteiger partial charge in [-0.15, -0.1) is 0 Å². The fourth-order valence-corrected chi connectivity index (χ4v) is 4.08. The van der Waals surface area contributed by atoms with E-state index in [2.05, 4.69) is 20.7 Å². The maximum Gasteiger partial charge on any atom is 0.244 e. The molecule has 1 aliphatic heterocycles. The van der Waals surface area contributed by atoms with Crippen molar-refractivity contribution in [2.75, 3.05) is 20.3 Å². The molecule has 1 N–H and O–H groups in total. The SMILES string of the molecule is COc1ccc(Br)cc1S(=O)(=O)NCCC1CCCCO1. The van der Waals surface area contributed by atoms with Crippen molar-refractivity contribution in [2.45, 2.75) is 36.7 Å². The van der Waals surface area contributed by atoms with E-state index in [-0.39, 0.29) is 11.0 Å². The molecule has 0 aliphatic carbocycles. The van der Waals surface area contributed by atoms with E-state index in [1.807, 2.05) is 0 Å². The number of rotatable bonds is 6. The molecule has 1 aromatic carbocycles. The molecule has 7 heteroatoms. The van der Waals surface area contributed by atoms with E-state index in [1.165, 1.54) is 13.2 Å². The molecular weight excluding hydrogens is 358 g/mol. The number of halogens is 1. The first-order valence-corrected chi connectivity index (χ1v) is 9.25. The van der Waals surface area contributed by atoms with Crippen LogP contribution in [0.4, 0.5) is 0 Å². The Morgan fingerprint density at radius 3 is 2.90 bits per heavy atom. The van der Waals surface area contributed by atoms with Crippen molar-refractivity contribution in [1.82, 2.24) is 4.72 Å². The van der Waals surface area contributed by atoms with Gasteiger partial charge < -0.3 is 9.47 Å². The van der Waals surface area contributed by atoms with Gasteiger partial charge in [-0.1, -0.05) is 15.9 Å². The molecule has 0 aromatic heterocycles. The van der Waals surface area contributed by atoms with Gasteiger partial charge in [0.15, 0.2) is 0 Å². The Morgan fingerprint density at radius 1 is 1.43 bits per heavy atom. The summed E-state index contributed by atoms with van der Waals surface area (Å²) in [4.78, 5) is 0.143. The number of ether oxygens (including phenoxy) is 2. The normalized spacial score (nSPS) is 19.4. The number of hydrogen-bond acceptors (Lipinski definition) is 4. The van der Waals surface area contributed by atoms with Gasteiger partial charge in [0.1, 0.15) is 10.6 Å². The minimum Gasteiger partial charge on any atom is -0.495 e. The zero-order chi connectivity index (χ0) is 15.3.